The zero-order valence-corrected chi connectivity index (χ0v) is 32.0. The molecule has 0 radical (unpaired) electrons. The minimum atomic E-state index is -1.31. The molecule has 1 aromatic rings. The van der Waals surface area contributed by atoms with Gasteiger partial charge in [0.05, 0.1) is 25.7 Å². The molecular formula is C44H60N2O8. The van der Waals surface area contributed by atoms with Crippen molar-refractivity contribution in [3.05, 3.63) is 121 Å². The molecule has 1 aromatic carbocycles. The van der Waals surface area contributed by atoms with Crippen molar-refractivity contribution in [1.29, 1.82) is 0 Å². The van der Waals surface area contributed by atoms with Gasteiger partial charge in [-0.1, -0.05) is 110 Å². The van der Waals surface area contributed by atoms with Gasteiger partial charge in [-0.15, -0.1) is 0 Å². The number of ketones is 1. The maximum atomic E-state index is 12.9. The van der Waals surface area contributed by atoms with Crippen LogP contribution < -0.4 is 10.6 Å². The molecule has 0 aromatic heterocycles. The number of allylic oxidation sites excluding steroid dienone is 12. The number of aliphatic hydroxyl groups excluding tert-OH is 2. The van der Waals surface area contributed by atoms with E-state index in [2.05, 4.69) is 78.3 Å². The van der Waals surface area contributed by atoms with Crippen LogP contribution in [-0.2, 0) is 34.3 Å². The van der Waals surface area contributed by atoms with E-state index in [9.17, 15) is 29.4 Å². The molecule has 0 fully saturated rings. The lowest BCUT2D eigenvalue weighted by Gasteiger charge is -2.24. The van der Waals surface area contributed by atoms with Crippen LogP contribution in [0, 0.1) is 11.8 Å². The van der Waals surface area contributed by atoms with Crippen molar-refractivity contribution in [2.45, 2.75) is 83.7 Å². The van der Waals surface area contributed by atoms with Crippen molar-refractivity contribution in [3.63, 3.8) is 0 Å². The van der Waals surface area contributed by atoms with Crippen LogP contribution in [0.4, 0.5) is 0 Å². The molecule has 2 amide bonds. The molecule has 2 rings (SSSR count). The van der Waals surface area contributed by atoms with Gasteiger partial charge in [0.1, 0.15) is 0 Å². The Morgan fingerprint density at radius 1 is 0.778 bits per heavy atom. The summed E-state index contributed by atoms with van der Waals surface area (Å²) < 4.78 is 11.1. The molecule has 4 N–H and O–H groups in total. The van der Waals surface area contributed by atoms with Gasteiger partial charge < -0.3 is 30.3 Å². The molecule has 0 aliphatic carbocycles. The summed E-state index contributed by atoms with van der Waals surface area (Å²) in [6.45, 7) is 3.20. The van der Waals surface area contributed by atoms with E-state index in [0.29, 0.717) is 18.4 Å². The largest absolute Gasteiger partial charge is 0.469 e. The second kappa shape index (κ2) is 27.8. The second-order valence-electron chi connectivity index (χ2n) is 13.1. The minimum Gasteiger partial charge on any atom is -0.469 e. The Kier molecular flexibility index (Phi) is 23.3. The Labute approximate surface area is 321 Å². The molecule has 0 saturated heterocycles. The summed E-state index contributed by atoms with van der Waals surface area (Å²) in [7, 11) is 0. The number of carbonyl (C=O) groups is 4. The van der Waals surface area contributed by atoms with E-state index in [0.717, 1.165) is 38.5 Å². The number of benzene rings is 1. The van der Waals surface area contributed by atoms with Gasteiger partial charge in [0.2, 0.25) is 11.7 Å². The van der Waals surface area contributed by atoms with Gasteiger partial charge in [-0.25, -0.2) is 0 Å². The molecule has 2 unspecified atom stereocenters. The fraction of sp³-hybridized carbons (Fsp3) is 0.455. The smallest absolute Gasteiger partial charge is 0.309 e. The first kappa shape index (κ1) is 45.4. The monoisotopic (exact) mass is 744 g/mol. The third-order valence-corrected chi connectivity index (χ3v) is 8.63. The van der Waals surface area contributed by atoms with Crippen molar-refractivity contribution < 1.29 is 38.9 Å². The van der Waals surface area contributed by atoms with E-state index in [1.807, 2.05) is 18.2 Å². The Bertz CT molecular complexity index is 1490. The van der Waals surface area contributed by atoms with Gasteiger partial charge >= 0.3 is 5.97 Å². The van der Waals surface area contributed by atoms with E-state index in [-0.39, 0.29) is 63.2 Å². The lowest BCUT2D eigenvalue weighted by atomic mass is 9.92. The molecule has 1 aliphatic rings. The molecule has 1 heterocycles. The zero-order chi connectivity index (χ0) is 39.3. The molecule has 10 nitrogen and oxygen atoms in total. The first-order valence-electron chi connectivity index (χ1n) is 19.1. The van der Waals surface area contributed by atoms with Crippen molar-refractivity contribution in [2.24, 2.45) is 11.8 Å². The molecule has 0 bridgehead atoms. The first-order valence-corrected chi connectivity index (χ1v) is 19.1. The summed E-state index contributed by atoms with van der Waals surface area (Å²) in [6, 6.07) is 8.90. The molecule has 10 heteroatoms. The molecular weight excluding hydrogens is 684 g/mol. The summed E-state index contributed by atoms with van der Waals surface area (Å²) >= 11 is 0. The number of rotatable bonds is 27. The third-order valence-electron chi connectivity index (χ3n) is 8.63. The minimum absolute atomic E-state index is 0.0790. The van der Waals surface area contributed by atoms with Gasteiger partial charge in [0.25, 0.3) is 5.91 Å². The van der Waals surface area contributed by atoms with Crippen LogP contribution in [-0.4, -0.2) is 66.7 Å². The fourth-order valence-electron chi connectivity index (χ4n) is 5.26. The van der Waals surface area contributed by atoms with E-state index in [1.54, 1.807) is 31.2 Å². The number of ether oxygens (including phenoxy) is 2. The Hall–Kier alpha value is -4.80. The average Bonchev–Trinajstić information content (AvgIpc) is 3.50. The standard InChI is InChI=1S/C44H60N2O8/c1-3-4-5-6-7-8-9-10-11-12-13-14-15-16-17-18-19-20-24-27-41(50)45-30-28-37(43(52)53-35-36(33-47)34-48)29-31-46-42(51)39-32-40(49)44(2,54-39)38-25-22-21-23-26-38/h4-5,7-8,10-11,13-14,16-17,19-23,25-26,32,36-37,47-48H,3,6,9,12,15,18,24,27-31,33-35H2,1-2H3,(H,45,50)(H,46,51). The summed E-state index contributed by atoms with van der Waals surface area (Å²) in [5.74, 6) is -3.04. The van der Waals surface area contributed by atoms with E-state index in [1.165, 1.54) is 6.08 Å². The van der Waals surface area contributed by atoms with E-state index < -0.39 is 29.3 Å². The number of nitrogens with one attached hydrogen (secondary N) is 2. The highest BCUT2D eigenvalue weighted by Crippen LogP contribution is 2.34. The Morgan fingerprint density at radius 2 is 1.30 bits per heavy atom. The molecule has 0 saturated carbocycles. The Balaban J connectivity index is 1.70. The summed E-state index contributed by atoms with van der Waals surface area (Å²) in [4.78, 5) is 51.0. The highest BCUT2D eigenvalue weighted by Gasteiger charge is 2.43. The molecule has 2 atom stereocenters. The lowest BCUT2D eigenvalue weighted by molar-refractivity contribution is -0.151. The molecule has 0 spiro atoms. The van der Waals surface area contributed by atoms with Gasteiger partial charge in [-0.2, -0.15) is 0 Å². The van der Waals surface area contributed by atoms with Crippen molar-refractivity contribution >= 4 is 23.6 Å². The number of carbonyl (C=O) groups excluding carboxylic acids is 4. The topological polar surface area (TPSA) is 151 Å². The van der Waals surface area contributed by atoms with Crippen LogP contribution in [0.2, 0.25) is 0 Å². The predicted molar refractivity (Wildman–Crippen MR) is 213 cm³/mol. The van der Waals surface area contributed by atoms with Crippen LogP contribution in [0.3, 0.4) is 0 Å². The quantitative estimate of drug-likeness (QED) is 0.0579. The van der Waals surface area contributed by atoms with Gasteiger partial charge in [-0.05, 0) is 64.7 Å². The number of aliphatic hydroxyl groups is 2. The molecule has 54 heavy (non-hydrogen) atoms. The Morgan fingerprint density at radius 3 is 1.83 bits per heavy atom. The van der Waals surface area contributed by atoms with Gasteiger partial charge in [0.15, 0.2) is 11.4 Å². The predicted octanol–water partition coefficient (Wildman–Crippen LogP) is 6.64. The first-order chi connectivity index (χ1) is 26.2. The highest BCUT2D eigenvalue weighted by molar-refractivity contribution is 6.07. The maximum absolute atomic E-state index is 12.9. The summed E-state index contributed by atoms with van der Waals surface area (Å²) in [5, 5.41) is 24.2. The molecule has 1 aliphatic heterocycles. The maximum Gasteiger partial charge on any atom is 0.309 e. The van der Waals surface area contributed by atoms with Gasteiger partial charge in [-0.3, -0.25) is 19.2 Å². The summed E-state index contributed by atoms with van der Waals surface area (Å²) in [5.41, 5.74) is -0.680. The SMILES string of the molecule is CCC=CCC=CCC=CCC=CCC=CCC=CCCC(=O)NCCC(CCNC(=O)C1=CC(=O)C(C)(c2ccccc2)O1)C(=O)OCC(CO)CO. The van der Waals surface area contributed by atoms with Crippen LogP contribution in [0.15, 0.2) is 115 Å². The van der Waals surface area contributed by atoms with Crippen molar-refractivity contribution in [2.75, 3.05) is 32.9 Å². The number of esters is 1. The normalized spacial score (nSPS) is 16.8. The van der Waals surface area contributed by atoms with Gasteiger partial charge in [0, 0.05) is 37.1 Å². The fourth-order valence-corrected chi connectivity index (χ4v) is 5.26. The van der Waals surface area contributed by atoms with E-state index in [4.69, 9.17) is 9.47 Å². The average molecular weight is 745 g/mol. The lowest BCUT2D eigenvalue weighted by Crippen LogP contribution is -2.34. The number of amides is 2. The van der Waals surface area contributed by atoms with E-state index >= 15 is 0 Å². The van der Waals surface area contributed by atoms with Crippen LogP contribution in [0.25, 0.3) is 0 Å². The number of hydrogen-bond acceptors (Lipinski definition) is 8. The second-order valence-corrected chi connectivity index (χ2v) is 13.1. The van der Waals surface area contributed by atoms with Crippen LogP contribution >= 0.6 is 0 Å². The van der Waals surface area contributed by atoms with Crippen LogP contribution in [0.1, 0.15) is 83.6 Å². The van der Waals surface area contributed by atoms with Crippen molar-refractivity contribution in [1.82, 2.24) is 10.6 Å². The molecule has 294 valence electrons. The zero-order valence-electron chi connectivity index (χ0n) is 32.0. The van der Waals surface area contributed by atoms with Crippen molar-refractivity contribution in [3.8, 4) is 0 Å². The summed E-state index contributed by atoms with van der Waals surface area (Å²) in [6.07, 6.45) is 33.7. The number of hydrogen-bond donors (Lipinski definition) is 4. The van der Waals surface area contributed by atoms with Crippen LogP contribution in [0.5, 0.6) is 0 Å². The third kappa shape index (κ3) is 18.3. The highest BCUT2D eigenvalue weighted by atomic mass is 16.5.